The third-order valence-electron chi connectivity index (χ3n) is 6.19. The van der Waals surface area contributed by atoms with E-state index in [1.165, 1.54) is 11.1 Å². The van der Waals surface area contributed by atoms with Crippen LogP contribution in [-0.2, 0) is 11.2 Å². The van der Waals surface area contributed by atoms with Crippen molar-refractivity contribution in [3.8, 4) is 0 Å². The lowest BCUT2D eigenvalue weighted by molar-refractivity contribution is -0.124. The van der Waals surface area contributed by atoms with Crippen LogP contribution >= 0.6 is 0 Å². The van der Waals surface area contributed by atoms with E-state index in [-0.39, 0.29) is 23.3 Å². The van der Waals surface area contributed by atoms with Crippen molar-refractivity contribution >= 4 is 5.91 Å². The minimum atomic E-state index is 0.0864. The molecule has 2 fully saturated rings. The van der Waals surface area contributed by atoms with Gasteiger partial charge in [-0.05, 0) is 61.7 Å². The van der Waals surface area contributed by atoms with E-state index in [1.54, 1.807) is 0 Å². The number of piperidine rings is 1. The summed E-state index contributed by atoms with van der Waals surface area (Å²) in [6.07, 6.45) is 5.26. The molecule has 0 aromatic heterocycles. The fourth-order valence-electron chi connectivity index (χ4n) is 4.43. The van der Waals surface area contributed by atoms with Gasteiger partial charge in [-0.3, -0.25) is 4.79 Å². The molecule has 3 heteroatoms. The van der Waals surface area contributed by atoms with Gasteiger partial charge in [0.25, 0.3) is 0 Å². The van der Waals surface area contributed by atoms with Crippen LogP contribution < -0.4 is 10.6 Å². The van der Waals surface area contributed by atoms with Crippen molar-refractivity contribution in [3.05, 3.63) is 71.8 Å². The summed E-state index contributed by atoms with van der Waals surface area (Å²) in [6, 6.07) is 21.0. The third-order valence-corrected chi connectivity index (χ3v) is 6.19. The number of carbonyl (C=O) groups excluding carboxylic acids is 1. The SMILES string of the molecule is O=C(NC(CCc1ccccc1)c1ccccc1)C1CC12CCNCC2. The molecule has 2 aromatic carbocycles. The summed E-state index contributed by atoms with van der Waals surface area (Å²) in [5, 5.41) is 6.79. The van der Waals surface area contributed by atoms with Gasteiger partial charge in [0.1, 0.15) is 0 Å². The van der Waals surface area contributed by atoms with Gasteiger partial charge in [-0.25, -0.2) is 0 Å². The highest BCUT2D eigenvalue weighted by atomic mass is 16.2. The molecule has 0 radical (unpaired) electrons. The summed E-state index contributed by atoms with van der Waals surface area (Å²) in [7, 11) is 0. The Morgan fingerprint density at radius 2 is 1.69 bits per heavy atom. The molecule has 2 atom stereocenters. The fraction of sp³-hybridized carbons (Fsp3) is 0.435. The van der Waals surface area contributed by atoms with Crippen molar-refractivity contribution < 1.29 is 4.79 Å². The maximum atomic E-state index is 12.9. The van der Waals surface area contributed by atoms with Gasteiger partial charge in [0.15, 0.2) is 0 Å². The van der Waals surface area contributed by atoms with Crippen LogP contribution in [0.15, 0.2) is 60.7 Å². The molecule has 0 bridgehead atoms. The summed E-state index contributed by atoms with van der Waals surface area (Å²) >= 11 is 0. The molecule has 1 saturated heterocycles. The van der Waals surface area contributed by atoms with E-state index >= 15 is 0 Å². The predicted octanol–water partition coefficient (Wildman–Crippen LogP) is 3.87. The van der Waals surface area contributed by atoms with Gasteiger partial charge >= 0.3 is 0 Å². The van der Waals surface area contributed by atoms with Crippen molar-refractivity contribution in [2.75, 3.05) is 13.1 Å². The van der Waals surface area contributed by atoms with E-state index in [0.717, 1.165) is 45.2 Å². The van der Waals surface area contributed by atoms with Crippen LogP contribution in [0.25, 0.3) is 0 Å². The highest BCUT2D eigenvalue weighted by Crippen LogP contribution is 2.58. The van der Waals surface area contributed by atoms with Gasteiger partial charge in [-0.2, -0.15) is 0 Å². The number of amides is 1. The molecule has 4 rings (SSSR count). The van der Waals surface area contributed by atoms with Crippen LogP contribution in [-0.4, -0.2) is 19.0 Å². The summed E-state index contributed by atoms with van der Waals surface area (Å²) < 4.78 is 0. The Kier molecular flexibility index (Phi) is 5.07. The van der Waals surface area contributed by atoms with Gasteiger partial charge in [-0.1, -0.05) is 60.7 Å². The number of nitrogens with one attached hydrogen (secondary N) is 2. The number of hydrogen-bond donors (Lipinski definition) is 2. The Labute approximate surface area is 156 Å². The second-order valence-electron chi connectivity index (χ2n) is 7.87. The molecular formula is C23H28N2O. The lowest BCUT2D eigenvalue weighted by Crippen LogP contribution is -2.35. The molecule has 1 aliphatic carbocycles. The number of rotatable bonds is 6. The summed E-state index contributed by atoms with van der Waals surface area (Å²) in [4.78, 5) is 12.9. The van der Waals surface area contributed by atoms with E-state index in [4.69, 9.17) is 0 Å². The van der Waals surface area contributed by atoms with Crippen molar-refractivity contribution in [3.63, 3.8) is 0 Å². The number of carbonyl (C=O) groups is 1. The maximum Gasteiger partial charge on any atom is 0.224 e. The highest BCUT2D eigenvalue weighted by molar-refractivity contribution is 5.83. The minimum Gasteiger partial charge on any atom is -0.349 e. The number of hydrogen-bond acceptors (Lipinski definition) is 2. The van der Waals surface area contributed by atoms with E-state index < -0.39 is 0 Å². The predicted molar refractivity (Wildman–Crippen MR) is 105 cm³/mol. The largest absolute Gasteiger partial charge is 0.349 e. The standard InChI is InChI=1S/C23H28N2O/c26-22(20-17-23(20)13-15-24-16-14-23)25-21(19-9-5-2-6-10-19)12-11-18-7-3-1-4-8-18/h1-10,20-21,24H,11-17H2,(H,25,26). The first kappa shape index (κ1) is 17.3. The van der Waals surface area contributed by atoms with Crippen LogP contribution in [0.3, 0.4) is 0 Å². The lowest BCUT2D eigenvalue weighted by Gasteiger charge is -2.24. The van der Waals surface area contributed by atoms with Crippen molar-refractivity contribution in [1.82, 2.24) is 10.6 Å². The van der Waals surface area contributed by atoms with Crippen LogP contribution in [0.4, 0.5) is 0 Å². The van der Waals surface area contributed by atoms with E-state index in [0.29, 0.717) is 0 Å². The molecule has 1 aliphatic heterocycles. The minimum absolute atomic E-state index is 0.0864. The van der Waals surface area contributed by atoms with Crippen LogP contribution in [0.1, 0.15) is 42.9 Å². The Morgan fingerprint density at radius 1 is 1.04 bits per heavy atom. The smallest absolute Gasteiger partial charge is 0.224 e. The number of benzene rings is 2. The summed E-state index contributed by atoms with van der Waals surface area (Å²) in [5.74, 6) is 0.473. The van der Waals surface area contributed by atoms with Gasteiger partial charge in [-0.15, -0.1) is 0 Å². The summed E-state index contributed by atoms with van der Waals surface area (Å²) in [5.41, 5.74) is 2.82. The first-order chi connectivity index (χ1) is 12.8. The Morgan fingerprint density at radius 3 is 2.38 bits per heavy atom. The molecule has 3 nitrogen and oxygen atoms in total. The van der Waals surface area contributed by atoms with Crippen LogP contribution in [0.2, 0.25) is 0 Å². The molecule has 1 saturated carbocycles. The average Bonchev–Trinajstić information content (AvgIpc) is 3.40. The van der Waals surface area contributed by atoms with Crippen molar-refractivity contribution in [1.29, 1.82) is 0 Å². The molecular weight excluding hydrogens is 320 g/mol. The molecule has 2 aliphatic rings. The second-order valence-corrected chi connectivity index (χ2v) is 7.87. The Balaban J connectivity index is 1.42. The van der Waals surface area contributed by atoms with Crippen LogP contribution in [0.5, 0.6) is 0 Å². The highest BCUT2D eigenvalue weighted by Gasteiger charge is 2.57. The van der Waals surface area contributed by atoms with Gasteiger partial charge in [0, 0.05) is 5.92 Å². The van der Waals surface area contributed by atoms with E-state index in [9.17, 15) is 4.79 Å². The zero-order valence-electron chi connectivity index (χ0n) is 15.3. The maximum absolute atomic E-state index is 12.9. The third kappa shape index (κ3) is 3.83. The zero-order valence-corrected chi connectivity index (χ0v) is 15.3. The first-order valence-corrected chi connectivity index (χ1v) is 9.87. The molecule has 136 valence electrons. The quantitative estimate of drug-likeness (QED) is 0.832. The topological polar surface area (TPSA) is 41.1 Å². The lowest BCUT2D eigenvalue weighted by atomic mass is 9.91. The van der Waals surface area contributed by atoms with E-state index in [1.807, 2.05) is 12.1 Å². The molecule has 1 spiro atoms. The monoisotopic (exact) mass is 348 g/mol. The molecule has 2 aromatic rings. The molecule has 2 unspecified atom stereocenters. The average molecular weight is 348 g/mol. The zero-order chi connectivity index (χ0) is 17.8. The Bertz CT molecular complexity index is 722. The molecule has 1 amide bonds. The van der Waals surface area contributed by atoms with Crippen molar-refractivity contribution in [2.45, 2.75) is 38.1 Å². The molecule has 2 N–H and O–H groups in total. The normalized spacial score (nSPS) is 21.9. The van der Waals surface area contributed by atoms with Gasteiger partial charge in [0.2, 0.25) is 5.91 Å². The molecule has 26 heavy (non-hydrogen) atoms. The van der Waals surface area contributed by atoms with E-state index in [2.05, 4.69) is 59.2 Å². The first-order valence-electron chi connectivity index (χ1n) is 9.87. The van der Waals surface area contributed by atoms with Gasteiger partial charge < -0.3 is 10.6 Å². The van der Waals surface area contributed by atoms with Crippen molar-refractivity contribution in [2.24, 2.45) is 11.3 Å². The fourth-order valence-corrected chi connectivity index (χ4v) is 4.43. The van der Waals surface area contributed by atoms with Crippen LogP contribution in [0, 0.1) is 11.3 Å². The summed E-state index contributed by atoms with van der Waals surface area (Å²) in [6.45, 7) is 2.11. The molecule has 1 heterocycles. The Hall–Kier alpha value is -2.13. The van der Waals surface area contributed by atoms with Gasteiger partial charge in [0.05, 0.1) is 6.04 Å². The second kappa shape index (κ2) is 7.63. The number of aryl methyl sites for hydroxylation is 1.